The van der Waals surface area contributed by atoms with Crippen molar-refractivity contribution in [3.05, 3.63) is 40.9 Å². The zero-order valence-corrected chi connectivity index (χ0v) is 9.75. The molecule has 0 saturated heterocycles. The third-order valence-electron chi connectivity index (χ3n) is 3.65. The number of hydrogen-bond acceptors (Lipinski definition) is 1. The van der Waals surface area contributed by atoms with Crippen molar-refractivity contribution in [1.29, 1.82) is 0 Å². The zero-order valence-electron chi connectivity index (χ0n) is 9.75. The number of hydrogen-bond donors (Lipinski definition) is 2. The summed E-state index contributed by atoms with van der Waals surface area (Å²) < 4.78 is 0. The number of aromatic nitrogens is 1. The number of rotatable bonds is 0. The molecule has 0 radical (unpaired) electrons. The summed E-state index contributed by atoms with van der Waals surface area (Å²) in [6.07, 6.45) is 2.77. The average molecular weight is 226 g/mol. The minimum atomic E-state index is -0.759. The van der Waals surface area contributed by atoms with Crippen LogP contribution in [0.5, 0.6) is 0 Å². The SMILES string of the molecule is [C-]#[N+]c1ccc2[nH]c3c(c2c1)CCCC3(C)O. The Hall–Kier alpha value is -1.79. The van der Waals surface area contributed by atoms with Gasteiger partial charge in [0.05, 0.1) is 12.3 Å². The molecule has 2 aromatic rings. The summed E-state index contributed by atoms with van der Waals surface area (Å²) in [5, 5.41) is 11.5. The van der Waals surface area contributed by atoms with E-state index < -0.39 is 5.60 Å². The molecule has 1 aromatic heterocycles. The lowest BCUT2D eigenvalue weighted by atomic mass is 9.84. The van der Waals surface area contributed by atoms with E-state index in [-0.39, 0.29) is 0 Å². The Morgan fingerprint density at radius 1 is 1.47 bits per heavy atom. The van der Waals surface area contributed by atoms with Gasteiger partial charge in [-0.1, -0.05) is 6.07 Å². The second kappa shape index (κ2) is 3.35. The van der Waals surface area contributed by atoms with Crippen LogP contribution in [-0.4, -0.2) is 10.1 Å². The Kier molecular flexibility index (Phi) is 2.04. The van der Waals surface area contributed by atoms with E-state index in [9.17, 15) is 5.11 Å². The van der Waals surface area contributed by atoms with E-state index in [0.29, 0.717) is 5.69 Å². The maximum absolute atomic E-state index is 10.4. The van der Waals surface area contributed by atoms with E-state index in [0.717, 1.165) is 35.9 Å². The van der Waals surface area contributed by atoms with Crippen molar-refractivity contribution in [3.8, 4) is 0 Å². The van der Waals surface area contributed by atoms with Crippen LogP contribution in [0, 0.1) is 6.57 Å². The summed E-state index contributed by atoms with van der Waals surface area (Å²) in [6.45, 7) is 8.91. The van der Waals surface area contributed by atoms with Crippen molar-refractivity contribution in [2.45, 2.75) is 31.8 Å². The molecule has 0 amide bonds. The lowest BCUT2D eigenvalue weighted by Crippen LogP contribution is -2.26. The van der Waals surface area contributed by atoms with E-state index in [4.69, 9.17) is 6.57 Å². The highest BCUT2D eigenvalue weighted by Crippen LogP contribution is 2.39. The number of nitrogens with zero attached hydrogens (tertiary/aromatic N) is 1. The van der Waals surface area contributed by atoms with Gasteiger partial charge in [0.25, 0.3) is 0 Å². The molecular formula is C14H14N2O. The van der Waals surface area contributed by atoms with Crippen LogP contribution in [0.1, 0.15) is 31.0 Å². The van der Waals surface area contributed by atoms with Crippen LogP contribution in [0.3, 0.4) is 0 Å². The molecule has 3 rings (SSSR count). The van der Waals surface area contributed by atoms with Gasteiger partial charge in [0.1, 0.15) is 5.60 Å². The molecule has 86 valence electrons. The van der Waals surface area contributed by atoms with E-state index in [1.807, 2.05) is 25.1 Å². The first-order chi connectivity index (χ1) is 8.12. The van der Waals surface area contributed by atoms with Crippen LogP contribution in [0.25, 0.3) is 15.7 Å². The fourth-order valence-corrected chi connectivity index (χ4v) is 2.76. The Labute approximate surface area is 99.9 Å². The normalized spacial score (nSPS) is 23.4. The number of aliphatic hydroxyl groups is 1. The monoisotopic (exact) mass is 226 g/mol. The lowest BCUT2D eigenvalue weighted by Gasteiger charge is -2.28. The van der Waals surface area contributed by atoms with Crippen molar-refractivity contribution in [2.75, 3.05) is 0 Å². The maximum Gasteiger partial charge on any atom is 0.187 e. The molecule has 0 fully saturated rings. The molecule has 1 aliphatic carbocycles. The molecule has 1 aliphatic rings. The zero-order chi connectivity index (χ0) is 12.0. The molecule has 0 saturated carbocycles. The minimum Gasteiger partial charge on any atom is -0.384 e. The molecule has 1 aromatic carbocycles. The first kappa shape index (κ1) is 10.4. The molecule has 1 heterocycles. The van der Waals surface area contributed by atoms with Crippen LogP contribution in [0.15, 0.2) is 18.2 Å². The highest BCUT2D eigenvalue weighted by Gasteiger charge is 2.32. The number of fused-ring (bicyclic) bond motifs is 3. The van der Waals surface area contributed by atoms with Crippen LogP contribution in [-0.2, 0) is 12.0 Å². The lowest BCUT2D eigenvalue weighted by molar-refractivity contribution is 0.0351. The molecule has 0 aliphatic heterocycles. The van der Waals surface area contributed by atoms with Gasteiger partial charge >= 0.3 is 0 Å². The van der Waals surface area contributed by atoms with Gasteiger partial charge in [-0.15, -0.1) is 0 Å². The summed E-state index contributed by atoms with van der Waals surface area (Å²) >= 11 is 0. The van der Waals surface area contributed by atoms with Gasteiger partial charge in [-0.05, 0) is 49.3 Å². The Morgan fingerprint density at radius 2 is 2.29 bits per heavy atom. The minimum absolute atomic E-state index is 0.657. The standard InChI is InChI=1S/C14H14N2O/c1-14(17)7-3-4-10-11-8-9(15-2)5-6-12(11)16-13(10)14/h5-6,8,16-17H,3-4,7H2,1H3. The van der Waals surface area contributed by atoms with E-state index >= 15 is 0 Å². The van der Waals surface area contributed by atoms with Crippen molar-refractivity contribution in [1.82, 2.24) is 4.98 Å². The van der Waals surface area contributed by atoms with Gasteiger partial charge < -0.3 is 10.1 Å². The van der Waals surface area contributed by atoms with Gasteiger partial charge in [0, 0.05) is 5.52 Å². The van der Waals surface area contributed by atoms with Gasteiger partial charge in [-0.3, -0.25) is 0 Å². The van der Waals surface area contributed by atoms with Crippen LogP contribution < -0.4 is 0 Å². The van der Waals surface area contributed by atoms with E-state index in [1.54, 1.807) is 0 Å². The second-order valence-electron chi connectivity index (χ2n) is 4.95. The Morgan fingerprint density at radius 3 is 3.06 bits per heavy atom. The number of aromatic amines is 1. The first-order valence-electron chi connectivity index (χ1n) is 5.87. The van der Waals surface area contributed by atoms with E-state index in [2.05, 4.69) is 9.83 Å². The third-order valence-corrected chi connectivity index (χ3v) is 3.65. The molecule has 17 heavy (non-hydrogen) atoms. The Bertz CT molecular complexity index is 631. The molecule has 0 bridgehead atoms. The molecule has 2 N–H and O–H groups in total. The number of nitrogens with one attached hydrogen (secondary N) is 1. The van der Waals surface area contributed by atoms with Crippen molar-refractivity contribution < 1.29 is 5.11 Å². The number of H-pyrrole nitrogens is 1. The molecule has 0 spiro atoms. The van der Waals surface area contributed by atoms with Gasteiger partial charge in [0.15, 0.2) is 5.69 Å². The van der Waals surface area contributed by atoms with Gasteiger partial charge in [-0.25, -0.2) is 4.85 Å². The number of benzene rings is 1. The molecular weight excluding hydrogens is 212 g/mol. The van der Waals surface area contributed by atoms with Crippen molar-refractivity contribution in [3.63, 3.8) is 0 Å². The van der Waals surface area contributed by atoms with Crippen LogP contribution in [0.4, 0.5) is 5.69 Å². The fourth-order valence-electron chi connectivity index (χ4n) is 2.76. The fraction of sp³-hybridized carbons (Fsp3) is 0.357. The average Bonchev–Trinajstić information content (AvgIpc) is 2.68. The quantitative estimate of drug-likeness (QED) is 0.665. The molecule has 3 nitrogen and oxygen atoms in total. The summed E-state index contributed by atoms with van der Waals surface area (Å²) in [4.78, 5) is 6.76. The van der Waals surface area contributed by atoms with E-state index in [1.165, 1.54) is 5.56 Å². The highest BCUT2D eigenvalue weighted by molar-refractivity contribution is 5.88. The largest absolute Gasteiger partial charge is 0.384 e. The predicted molar refractivity (Wildman–Crippen MR) is 67.1 cm³/mol. The van der Waals surface area contributed by atoms with Crippen molar-refractivity contribution in [2.24, 2.45) is 0 Å². The van der Waals surface area contributed by atoms with Gasteiger partial charge in [0.2, 0.25) is 0 Å². The molecule has 1 unspecified atom stereocenters. The summed E-state index contributed by atoms with van der Waals surface area (Å²) in [7, 11) is 0. The summed E-state index contributed by atoms with van der Waals surface area (Å²) in [5.41, 5.74) is 3.03. The van der Waals surface area contributed by atoms with Gasteiger partial charge in [-0.2, -0.15) is 0 Å². The highest BCUT2D eigenvalue weighted by atomic mass is 16.3. The summed E-state index contributed by atoms with van der Waals surface area (Å²) in [6, 6.07) is 5.65. The smallest absolute Gasteiger partial charge is 0.187 e. The molecule has 3 heteroatoms. The third kappa shape index (κ3) is 1.45. The summed E-state index contributed by atoms with van der Waals surface area (Å²) in [5.74, 6) is 0. The van der Waals surface area contributed by atoms with Crippen LogP contribution >= 0.6 is 0 Å². The number of aryl methyl sites for hydroxylation is 1. The maximum atomic E-state index is 10.4. The molecule has 1 atom stereocenters. The first-order valence-corrected chi connectivity index (χ1v) is 5.87. The predicted octanol–water partition coefficient (Wildman–Crippen LogP) is 3.26. The van der Waals surface area contributed by atoms with Crippen LogP contribution in [0.2, 0.25) is 0 Å². The van der Waals surface area contributed by atoms with Crippen molar-refractivity contribution >= 4 is 16.6 Å². The second-order valence-corrected chi connectivity index (χ2v) is 4.95. The topological polar surface area (TPSA) is 40.4 Å². The Balaban J connectivity index is 2.32.